The second-order valence-corrected chi connectivity index (χ2v) is 19.8. The third kappa shape index (κ3) is 10.1. The van der Waals surface area contributed by atoms with Gasteiger partial charge in [-0.2, -0.15) is 0 Å². The van der Waals surface area contributed by atoms with E-state index in [4.69, 9.17) is 14.2 Å². The van der Waals surface area contributed by atoms with Crippen LogP contribution < -0.4 is 9.64 Å². The van der Waals surface area contributed by atoms with Crippen molar-refractivity contribution in [1.82, 2.24) is 14.7 Å². The Morgan fingerprint density at radius 2 is 1.42 bits per heavy atom. The molecule has 1 N–H and O–H groups in total. The minimum absolute atomic E-state index is 0.0304. The zero-order valence-corrected chi connectivity index (χ0v) is 42.2. The first-order chi connectivity index (χ1) is 37.1. The monoisotopic (exact) mass is 1020 g/mol. The highest BCUT2D eigenvalue weighted by atomic mass is 16.6. The molecule has 3 fully saturated rings. The van der Waals surface area contributed by atoms with Crippen molar-refractivity contribution in [2.45, 2.75) is 74.9 Å². The van der Waals surface area contributed by atoms with Gasteiger partial charge in [-0.1, -0.05) is 134 Å². The van der Waals surface area contributed by atoms with E-state index in [-0.39, 0.29) is 31.2 Å². The smallest absolute Gasteiger partial charge is 0.421 e. The quantitative estimate of drug-likeness (QED) is 0.0504. The molecule has 3 amide bonds. The molecule has 4 aliphatic rings. The largest absolute Gasteiger partial charge is 0.491 e. The van der Waals surface area contributed by atoms with Crippen molar-refractivity contribution in [1.29, 1.82) is 0 Å². The first-order valence-corrected chi connectivity index (χ1v) is 25.9. The third-order valence-corrected chi connectivity index (χ3v) is 15.0. The number of morpholine rings is 1. The predicted octanol–water partition coefficient (Wildman–Crippen LogP) is 9.24. The van der Waals surface area contributed by atoms with Gasteiger partial charge in [-0.3, -0.25) is 34.3 Å². The number of amides is 3. The predicted molar refractivity (Wildman–Crippen MR) is 284 cm³/mol. The molecular formula is C61H59N5O10. The van der Waals surface area contributed by atoms with Crippen molar-refractivity contribution in [2.75, 3.05) is 44.8 Å². The molecule has 388 valence electrons. The average Bonchev–Trinajstić information content (AvgIpc) is 3.89. The number of fused-ring (bicyclic) bond motifs is 3. The molecule has 15 nitrogen and oxygen atoms in total. The Bertz CT molecular complexity index is 3120. The van der Waals surface area contributed by atoms with Crippen LogP contribution in [0.4, 0.5) is 16.2 Å². The molecule has 6 unspecified atom stereocenters. The number of ether oxygens (including phenoxy) is 3. The van der Waals surface area contributed by atoms with Crippen LogP contribution in [0.3, 0.4) is 0 Å². The van der Waals surface area contributed by atoms with E-state index in [0.29, 0.717) is 59.7 Å². The summed E-state index contributed by atoms with van der Waals surface area (Å²) < 4.78 is 18.5. The van der Waals surface area contributed by atoms with E-state index < -0.39 is 64.4 Å². The number of carbonyl (C=O) groups excluding carboxylic acids is 4. The van der Waals surface area contributed by atoms with Crippen molar-refractivity contribution < 1.29 is 43.4 Å². The number of nitrogens with zero attached hydrogens (tertiary/aromatic N) is 5. The van der Waals surface area contributed by atoms with Crippen LogP contribution in [-0.4, -0.2) is 94.5 Å². The second kappa shape index (κ2) is 22.8. The maximum Gasteiger partial charge on any atom is 0.421 e. The van der Waals surface area contributed by atoms with Crippen LogP contribution in [0.1, 0.15) is 89.2 Å². The molecular weight excluding hydrogens is 963 g/mol. The van der Waals surface area contributed by atoms with Crippen LogP contribution in [0.15, 0.2) is 158 Å². The summed E-state index contributed by atoms with van der Waals surface area (Å²) >= 11 is 0. The van der Waals surface area contributed by atoms with Crippen LogP contribution in [0.5, 0.6) is 5.75 Å². The van der Waals surface area contributed by atoms with Crippen LogP contribution >= 0.6 is 0 Å². The van der Waals surface area contributed by atoms with E-state index in [1.807, 2.05) is 103 Å². The van der Waals surface area contributed by atoms with E-state index in [1.165, 1.54) is 24.3 Å². The zero-order chi connectivity index (χ0) is 52.8. The lowest BCUT2D eigenvalue weighted by molar-refractivity contribution is -0.384. The molecule has 6 atom stereocenters. The van der Waals surface area contributed by atoms with Crippen LogP contribution in [-0.2, 0) is 42.4 Å². The molecule has 4 heterocycles. The van der Waals surface area contributed by atoms with Gasteiger partial charge in [-0.15, -0.1) is 0 Å². The lowest BCUT2D eigenvalue weighted by Gasteiger charge is -2.46. The van der Waals surface area contributed by atoms with Gasteiger partial charge in [0, 0.05) is 37.3 Å². The third-order valence-electron chi connectivity index (χ3n) is 15.0. The van der Waals surface area contributed by atoms with Crippen LogP contribution in [0, 0.1) is 27.9 Å². The van der Waals surface area contributed by atoms with Gasteiger partial charge >= 0.3 is 12.1 Å². The molecule has 0 radical (unpaired) electrons. The molecule has 3 saturated heterocycles. The number of imide groups is 1. The number of anilines is 1. The van der Waals surface area contributed by atoms with E-state index >= 15 is 19.2 Å². The minimum atomic E-state index is -2.03. The van der Waals surface area contributed by atoms with Gasteiger partial charge in [0.2, 0.25) is 11.8 Å². The summed E-state index contributed by atoms with van der Waals surface area (Å²) in [6.45, 7) is 1.31. The highest BCUT2D eigenvalue weighted by molar-refractivity contribution is 6.23. The summed E-state index contributed by atoms with van der Waals surface area (Å²) in [7, 11) is 1.98. The number of nitro benzene ring substituents is 1. The highest BCUT2D eigenvalue weighted by Crippen LogP contribution is 2.66. The van der Waals surface area contributed by atoms with Gasteiger partial charge in [0.25, 0.3) is 5.69 Å². The van der Waals surface area contributed by atoms with E-state index in [9.17, 15) is 15.2 Å². The maximum absolute atomic E-state index is 16.8. The van der Waals surface area contributed by atoms with Crippen molar-refractivity contribution >= 4 is 35.3 Å². The number of hydrogen-bond acceptors (Lipinski definition) is 12. The molecule has 10 rings (SSSR count). The van der Waals surface area contributed by atoms with Gasteiger partial charge in [0.1, 0.15) is 36.5 Å². The number of carbonyl (C=O) groups is 4. The number of likely N-dealkylation sites (tertiary alicyclic amines) is 1. The number of aliphatic hydroxyl groups excluding tert-OH is 1. The first kappa shape index (κ1) is 51.3. The molecule has 0 aliphatic carbocycles. The lowest BCUT2D eigenvalue weighted by Crippen LogP contribution is -2.56. The van der Waals surface area contributed by atoms with E-state index in [2.05, 4.69) is 28.9 Å². The number of esters is 1. The minimum Gasteiger partial charge on any atom is -0.491 e. The Kier molecular flexibility index (Phi) is 15.4. The summed E-state index contributed by atoms with van der Waals surface area (Å²) in [5.41, 5.74) is 2.39. The molecule has 15 heteroatoms. The molecule has 0 aromatic heterocycles. The molecule has 0 saturated carbocycles. The summed E-state index contributed by atoms with van der Waals surface area (Å²) in [5, 5.41) is 21.2. The SMILES string of the molecule is CN(CC#Cc1ccc2c(c1)C1(C(=O)N2C(=O)OCc2ccc([N+](=O)[O-])cc2)C(C(=O)N2CCCCCCC2)C2C(=O)OC(c3ccccc3)C(c3ccccc3)N2C1c1ccc(OCCO)cc1)Cc1ccccc1. The number of aliphatic hydroxyl groups is 1. The molecule has 1 spiro atoms. The first-order valence-electron chi connectivity index (χ1n) is 25.9. The van der Waals surface area contributed by atoms with Gasteiger partial charge in [-0.25, -0.2) is 9.69 Å². The van der Waals surface area contributed by atoms with Crippen LogP contribution in [0.25, 0.3) is 0 Å². The fraction of sp³-hybridized carbons (Fsp3) is 0.311. The van der Waals surface area contributed by atoms with Gasteiger partial charge in [0.15, 0.2) is 0 Å². The number of non-ortho nitro benzene ring substituents is 1. The Hall–Kier alpha value is -8.16. The number of benzene rings is 6. The fourth-order valence-corrected chi connectivity index (χ4v) is 11.7. The van der Waals surface area contributed by atoms with Gasteiger partial charge in [0.05, 0.1) is 41.8 Å². The summed E-state index contributed by atoms with van der Waals surface area (Å²) in [6.07, 6.45) is 2.30. The van der Waals surface area contributed by atoms with Crippen LogP contribution in [0.2, 0.25) is 0 Å². The Labute approximate surface area is 441 Å². The summed E-state index contributed by atoms with van der Waals surface area (Å²) in [5.74, 6) is 3.75. The Morgan fingerprint density at radius 3 is 2.08 bits per heavy atom. The van der Waals surface area contributed by atoms with E-state index in [0.717, 1.165) is 48.1 Å². The summed E-state index contributed by atoms with van der Waals surface area (Å²) in [4.78, 5) is 81.7. The van der Waals surface area contributed by atoms with Crippen molar-refractivity contribution in [2.24, 2.45) is 5.92 Å². The standard InChI is InChI=1S/C61H59N5O10/c1-62(40-43-17-8-5-9-18-43)34-16-19-42-26-33-51-50(39-42)61(59(70)64(51)60(71)75-41-44-24-29-48(30-25-44)66(72)73)52(57(68)63-35-14-3-2-4-15-36-63)54-58(69)76-55(46-22-12-7-13-23-46)53(45-20-10-6-11-21-45)65(54)56(61)47-27-31-49(32-28-47)74-38-37-67/h5-13,17-18,20-33,39,52-56,67H,2-4,14-15,34-38,40-41H2,1H3. The number of hydrogen-bond donors (Lipinski definition) is 1. The Morgan fingerprint density at radius 1 is 0.776 bits per heavy atom. The number of rotatable bonds is 13. The van der Waals surface area contributed by atoms with Crippen molar-refractivity contribution in [3.63, 3.8) is 0 Å². The second-order valence-electron chi connectivity index (χ2n) is 19.8. The molecule has 0 bridgehead atoms. The molecule has 4 aliphatic heterocycles. The van der Waals surface area contributed by atoms with E-state index in [1.54, 1.807) is 35.2 Å². The average molecular weight is 1020 g/mol. The fourth-order valence-electron chi connectivity index (χ4n) is 11.7. The highest BCUT2D eigenvalue weighted by Gasteiger charge is 2.76. The lowest BCUT2D eigenvalue weighted by atomic mass is 9.64. The van der Waals surface area contributed by atoms with Crippen molar-refractivity contribution in [3.8, 4) is 17.6 Å². The maximum atomic E-state index is 16.8. The normalized spacial score (nSPS) is 22.2. The zero-order valence-electron chi connectivity index (χ0n) is 42.2. The number of cyclic esters (lactones) is 1. The number of nitro groups is 1. The van der Waals surface area contributed by atoms with Crippen molar-refractivity contribution in [3.05, 3.63) is 207 Å². The molecule has 76 heavy (non-hydrogen) atoms. The Balaban J connectivity index is 1.20. The van der Waals surface area contributed by atoms with Gasteiger partial charge in [-0.05, 0) is 95.7 Å². The topological polar surface area (TPSA) is 172 Å². The molecule has 6 aromatic carbocycles. The molecule has 6 aromatic rings. The summed E-state index contributed by atoms with van der Waals surface area (Å²) in [6, 6.07) is 43.6. The van der Waals surface area contributed by atoms with Gasteiger partial charge < -0.3 is 24.2 Å².